The van der Waals surface area contributed by atoms with Crippen LogP contribution in [0.1, 0.15) is 77.2 Å². The van der Waals surface area contributed by atoms with Gasteiger partial charge in [0.05, 0.1) is 6.26 Å². The van der Waals surface area contributed by atoms with E-state index in [0.717, 1.165) is 37.0 Å². The Labute approximate surface area is 206 Å². The molecular weight excluding hydrogens is 452 g/mol. The second-order valence-corrected chi connectivity index (χ2v) is 10.6. The maximum atomic E-state index is 14.9. The zero-order valence-corrected chi connectivity index (χ0v) is 20.8. The quantitative estimate of drug-likeness (QED) is 0.279. The van der Waals surface area contributed by atoms with Crippen LogP contribution < -0.4 is 4.74 Å². The van der Waals surface area contributed by atoms with Crippen molar-refractivity contribution >= 4 is 0 Å². The van der Waals surface area contributed by atoms with E-state index < -0.39 is 23.3 Å². The van der Waals surface area contributed by atoms with Crippen LogP contribution in [0.2, 0.25) is 0 Å². The van der Waals surface area contributed by atoms with E-state index in [4.69, 9.17) is 4.74 Å². The number of halogens is 4. The van der Waals surface area contributed by atoms with Gasteiger partial charge in [0.25, 0.3) is 0 Å². The van der Waals surface area contributed by atoms with Gasteiger partial charge < -0.3 is 4.74 Å². The van der Waals surface area contributed by atoms with Crippen molar-refractivity contribution in [2.75, 3.05) is 0 Å². The lowest BCUT2D eigenvalue weighted by Crippen LogP contribution is -2.25. The number of aryl methyl sites for hydroxylation is 1. The van der Waals surface area contributed by atoms with Gasteiger partial charge in [-0.25, -0.2) is 13.2 Å². The van der Waals surface area contributed by atoms with Crippen molar-refractivity contribution in [3.8, 4) is 16.9 Å². The molecule has 0 heterocycles. The Bertz CT molecular complexity index is 1030. The molecule has 0 unspecified atom stereocenters. The topological polar surface area (TPSA) is 9.23 Å². The first-order valence-corrected chi connectivity index (χ1v) is 13.1. The minimum Gasteiger partial charge on any atom is -0.462 e. The molecule has 1 nitrogen and oxygen atoms in total. The summed E-state index contributed by atoms with van der Waals surface area (Å²) in [6.45, 7) is 4.03. The summed E-state index contributed by atoms with van der Waals surface area (Å²) < 4.78 is 63.7. The molecular formula is C30H36F4O. The Morgan fingerprint density at radius 3 is 1.94 bits per heavy atom. The summed E-state index contributed by atoms with van der Waals surface area (Å²) in [7, 11) is 0. The van der Waals surface area contributed by atoms with Crippen LogP contribution in [0.5, 0.6) is 5.75 Å². The molecule has 0 amide bonds. The van der Waals surface area contributed by atoms with Crippen molar-refractivity contribution < 1.29 is 22.3 Å². The van der Waals surface area contributed by atoms with Crippen molar-refractivity contribution in [2.45, 2.75) is 78.1 Å². The van der Waals surface area contributed by atoms with Crippen LogP contribution >= 0.6 is 0 Å². The van der Waals surface area contributed by atoms with Gasteiger partial charge in [-0.3, -0.25) is 0 Å². The summed E-state index contributed by atoms with van der Waals surface area (Å²) in [6.07, 6.45) is 14.3. The molecule has 5 heteroatoms. The molecule has 190 valence electrons. The second kappa shape index (κ2) is 11.6. The number of ether oxygens (including phenoxy) is 1. The van der Waals surface area contributed by atoms with Gasteiger partial charge in [-0.15, -0.1) is 0 Å². The van der Waals surface area contributed by atoms with E-state index in [9.17, 15) is 17.6 Å². The molecule has 2 aromatic rings. The Kier molecular flexibility index (Phi) is 8.56. The van der Waals surface area contributed by atoms with Crippen LogP contribution in [-0.2, 0) is 6.42 Å². The summed E-state index contributed by atoms with van der Waals surface area (Å²) >= 11 is 0. The molecule has 2 fully saturated rings. The van der Waals surface area contributed by atoms with Crippen LogP contribution in [0, 0.1) is 46.9 Å². The molecule has 2 aliphatic rings. The average molecular weight is 489 g/mol. The Morgan fingerprint density at radius 2 is 1.31 bits per heavy atom. The molecule has 0 aromatic heterocycles. The fourth-order valence-corrected chi connectivity index (χ4v) is 6.03. The van der Waals surface area contributed by atoms with Crippen LogP contribution in [0.4, 0.5) is 17.6 Å². The Balaban J connectivity index is 1.37. The highest BCUT2D eigenvalue weighted by Crippen LogP contribution is 2.42. The minimum absolute atomic E-state index is 0.289. The van der Waals surface area contributed by atoms with E-state index >= 15 is 0 Å². The summed E-state index contributed by atoms with van der Waals surface area (Å²) in [5.74, 6) is -1.81. The molecule has 0 atom stereocenters. The first kappa shape index (κ1) is 25.8. The molecule has 2 aliphatic carbocycles. The molecule has 0 N–H and O–H groups in total. The smallest absolute Gasteiger partial charge is 0.201 e. The summed E-state index contributed by atoms with van der Waals surface area (Å²) in [5.41, 5.74) is -0.320. The molecule has 0 radical (unpaired) electrons. The second-order valence-electron chi connectivity index (χ2n) is 10.6. The monoisotopic (exact) mass is 488 g/mol. The largest absolute Gasteiger partial charge is 0.462 e. The third-order valence-corrected chi connectivity index (χ3v) is 8.27. The standard InChI is InChI=1S/C30H36F4O/c1-3-18-35-26-17-16-25(29(33)30(26)34)24-15-14-23(27(31)28(24)32)13-8-20-6-11-22(12-7-20)21-9-4-19(2)5-10-21/h3,14-22H,4-13H2,1-2H3/b18-3+. The number of benzene rings is 2. The van der Waals surface area contributed by atoms with Crippen molar-refractivity contribution in [3.05, 3.63) is 65.4 Å². The predicted molar refractivity (Wildman–Crippen MR) is 132 cm³/mol. The van der Waals surface area contributed by atoms with E-state index in [1.807, 2.05) is 0 Å². The lowest BCUT2D eigenvalue weighted by atomic mass is 9.69. The van der Waals surface area contributed by atoms with Gasteiger partial charge >= 0.3 is 0 Å². The number of hydrogen-bond donors (Lipinski definition) is 0. The van der Waals surface area contributed by atoms with Gasteiger partial charge in [-0.2, -0.15) is 4.39 Å². The van der Waals surface area contributed by atoms with Crippen molar-refractivity contribution in [2.24, 2.45) is 23.7 Å². The molecule has 35 heavy (non-hydrogen) atoms. The van der Waals surface area contributed by atoms with Crippen molar-refractivity contribution in [1.29, 1.82) is 0 Å². The van der Waals surface area contributed by atoms with Gasteiger partial charge in [-0.05, 0) is 86.8 Å². The van der Waals surface area contributed by atoms with Crippen LogP contribution in [0.25, 0.3) is 11.1 Å². The average Bonchev–Trinajstić information content (AvgIpc) is 2.87. The van der Waals surface area contributed by atoms with Crippen molar-refractivity contribution in [1.82, 2.24) is 0 Å². The van der Waals surface area contributed by atoms with Gasteiger partial charge in [-0.1, -0.05) is 50.8 Å². The highest BCUT2D eigenvalue weighted by molar-refractivity contribution is 5.66. The Hall–Kier alpha value is -2.30. The predicted octanol–water partition coefficient (Wildman–Crippen LogP) is 9.39. The fraction of sp³-hybridized carbons (Fsp3) is 0.533. The highest BCUT2D eigenvalue weighted by Gasteiger charge is 2.30. The number of allylic oxidation sites excluding steroid dienone is 1. The first-order valence-electron chi connectivity index (χ1n) is 13.1. The third kappa shape index (κ3) is 5.92. The van der Waals surface area contributed by atoms with E-state index in [2.05, 4.69) is 6.92 Å². The SMILES string of the molecule is C/C=C/Oc1ccc(-c2ccc(CCC3CCC(C4CCC(C)CC4)CC3)c(F)c2F)c(F)c1F. The summed E-state index contributed by atoms with van der Waals surface area (Å²) in [4.78, 5) is 0. The zero-order chi connectivity index (χ0) is 24.9. The highest BCUT2D eigenvalue weighted by atomic mass is 19.2. The molecule has 4 rings (SSSR count). The molecule has 0 aliphatic heterocycles. The van der Waals surface area contributed by atoms with Crippen LogP contribution in [0.3, 0.4) is 0 Å². The van der Waals surface area contributed by atoms with E-state index in [1.54, 1.807) is 6.92 Å². The lowest BCUT2D eigenvalue weighted by molar-refractivity contribution is 0.147. The minimum atomic E-state index is -1.26. The third-order valence-electron chi connectivity index (χ3n) is 8.27. The molecule has 2 aromatic carbocycles. The molecule has 0 bridgehead atoms. The van der Waals surface area contributed by atoms with Gasteiger partial charge in [0.2, 0.25) is 5.82 Å². The summed E-state index contributed by atoms with van der Waals surface area (Å²) in [6, 6.07) is 5.27. The zero-order valence-electron chi connectivity index (χ0n) is 20.8. The van der Waals surface area contributed by atoms with E-state index in [-0.39, 0.29) is 16.9 Å². The van der Waals surface area contributed by atoms with Crippen molar-refractivity contribution in [3.63, 3.8) is 0 Å². The van der Waals surface area contributed by atoms with Crippen LogP contribution in [0.15, 0.2) is 36.6 Å². The van der Waals surface area contributed by atoms with Gasteiger partial charge in [0.15, 0.2) is 23.2 Å². The summed E-state index contributed by atoms with van der Waals surface area (Å²) in [5, 5.41) is 0. The normalized spacial score (nSPS) is 25.2. The molecule has 2 saturated carbocycles. The van der Waals surface area contributed by atoms with E-state index in [0.29, 0.717) is 17.9 Å². The first-order chi connectivity index (χ1) is 16.9. The number of rotatable bonds is 7. The fourth-order valence-electron chi connectivity index (χ4n) is 6.03. The van der Waals surface area contributed by atoms with Crippen LogP contribution in [-0.4, -0.2) is 0 Å². The maximum Gasteiger partial charge on any atom is 0.201 e. The van der Waals surface area contributed by atoms with Gasteiger partial charge in [0, 0.05) is 11.1 Å². The molecule has 0 saturated heterocycles. The number of hydrogen-bond acceptors (Lipinski definition) is 1. The maximum absolute atomic E-state index is 14.9. The lowest BCUT2D eigenvalue weighted by Gasteiger charge is -2.37. The Morgan fingerprint density at radius 1 is 0.743 bits per heavy atom. The molecule has 0 spiro atoms. The van der Waals surface area contributed by atoms with Gasteiger partial charge in [0.1, 0.15) is 0 Å². The van der Waals surface area contributed by atoms with E-state index in [1.165, 1.54) is 75.1 Å².